The van der Waals surface area contributed by atoms with E-state index >= 15 is 0 Å². The van der Waals surface area contributed by atoms with Gasteiger partial charge in [0.15, 0.2) is 15.0 Å². The molecule has 1 N–H and O–H groups in total. The molecular weight excluding hydrogens is 410 g/mol. The van der Waals surface area contributed by atoms with Crippen molar-refractivity contribution in [3.05, 3.63) is 59.5 Å². The molecule has 0 fully saturated rings. The van der Waals surface area contributed by atoms with Crippen LogP contribution in [-0.2, 0) is 14.6 Å². The Kier molecular flexibility index (Phi) is 6.26. The number of benzene rings is 2. The number of carbonyl (C=O) groups excluding carboxylic acids is 1. The van der Waals surface area contributed by atoms with E-state index in [2.05, 4.69) is 16.4 Å². The first-order chi connectivity index (χ1) is 13.9. The number of aromatic nitrogens is 1. The molecule has 3 aromatic rings. The Morgan fingerprint density at radius 2 is 1.86 bits per heavy atom. The Morgan fingerprint density at radius 1 is 1.17 bits per heavy atom. The fourth-order valence-electron chi connectivity index (χ4n) is 2.49. The van der Waals surface area contributed by atoms with Crippen molar-refractivity contribution in [1.82, 2.24) is 4.98 Å². The van der Waals surface area contributed by atoms with Gasteiger partial charge in [0.05, 0.1) is 35.1 Å². The molecule has 1 amide bonds. The number of nitrogens with one attached hydrogen (secondary N) is 1. The zero-order valence-corrected chi connectivity index (χ0v) is 17.1. The van der Waals surface area contributed by atoms with Gasteiger partial charge in [-0.1, -0.05) is 12.1 Å². The van der Waals surface area contributed by atoms with Gasteiger partial charge in [-0.05, 0) is 36.4 Å². The van der Waals surface area contributed by atoms with E-state index in [-0.39, 0.29) is 17.1 Å². The molecule has 1 aromatic heterocycles. The van der Waals surface area contributed by atoms with Crippen LogP contribution in [0.5, 0.6) is 5.75 Å². The minimum absolute atomic E-state index is 0.142. The zero-order chi connectivity index (χ0) is 20.9. The molecule has 1 heterocycles. The summed E-state index contributed by atoms with van der Waals surface area (Å²) in [6, 6.07) is 15.0. The maximum atomic E-state index is 12.4. The zero-order valence-electron chi connectivity index (χ0n) is 15.5. The topological polar surface area (TPSA) is 109 Å². The summed E-state index contributed by atoms with van der Waals surface area (Å²) < 4.78 is 29.8. The van der Waals surface area contributed by atoms with Gasteiger partial charge in [0.2, 0.25) is 5.91 Å². The molecule has 0 spiro atoms. The first-order valence-corrected chi connectivity index (χ1v) is 11.1. The number of ether oxygens (including phenoxy) is 1. The van der Waals surface area contributed by atoms with Crippen LogP contribution < -0.4 is 10.1 Å². The number of carbonyl (C=O) groups is 1. The number of nitrogens with zero attached hydrogens (tertiary/aromatic N) is 2. The molecule has 2 aromatic carbocycles. The highest BCUT2D eigenvalue weighted by Crippen LogP contribution is 2.25. The fraction of sp³-hybridized carbons (Fsp3) is 0.150. The standard InChI is InChI=1S/C20H17N3O4S2/c1-27-16-6-8-17(9-7-16)29(25,26)11-10-19(24)23-20-22-18(13-28-20)15-4-2-14(12-21)3-5-15/h2-9,13H,10-11H2,1H3,(H,22,23,24). The van der Waals surface area contributed by atoms with Crippen LogP contribution >= 0.6 is 11.3 Å². The van der Waals surface area contributed by atoms with Crippen molar-refractivity contribution in [2.24, 2.45) is 0 Å². The van der Waals surface area contributed by atoms with Crippen molar-refractivity contribution in [3.8, 4) is 23.1 Å². The fourth-order valence-corrected chi connectivity index (χ4v) is 4.47. The average molecular weight is 428 g/mol. The first kappa shape index (κ1) is 20.5. The molecule has 3 rings (SSSR count). The van der Waals surface area contributed by atoms with Gasteiger partial charge in [-0.15, -0.1) is 11.3 Å². The SMILES string of the molecule is COc1ccc(S(=O)(=O)CCC(=O)Nc2nc(-c3ccc(C#N)cc3)cs2)cc1. The summed E-state index contributed by atoms with van der Waals surface area (Å²) in [7, 11) is -2.08. The second kappa shape index (κ2) is 8.86. The number of nitriles is 1. The van der Waals surface area contributed by atoms with Crippen LogP contribution in [0.15, 0.2) is 58.8 Å². The lowest BCUT2D eigenvalue weighted by Gasteiger charge is -2.06. The summed E-state index contributed by atoms with van der Waals surface area (Å²) in [5, 5.41) is 13.6. The summed E-state index contributed by atoms with van der Waals surface area (Å²) in [5.74, 6) is -0.176. The van der Waals surface area contributed by atoms with Crippen molar-refractivity contribution in [3.63, 3.8) is 0 Å². The largest absolute Gasteiger partial charge is 0.497 e. The van der Waals surface area contributed by atoms with E-state index in [1.165, 1.54) is 30.6 Å². The monoisotopic (exact) mass is 427 g/mol. The van der Waals surface area contributed by atoms with E-state index in [0.717, 1.165) is 5.56 Å². The van der Waals surface area contributed by atoms with Crippen LogP contribution in [0.2, 0.25) is 0 Å². The van der Waals surface area contributed by atoms with Gasteiger partial charge >= 0.3 is 0 Å². The average Bonchev–Trinajstić information content (AvgIpc) is 3.21. The van der Waals surface area contributed by atoms with Gasteiger partial charge in [0, 0.05) is 17.4 Å². The molecule has 0 radical (unpaired) electrons. The Morgan fingerprint density at radius 3 is 2.48 bits per heavy atom. The van der Waals surface area contributed by atoms with Crippen molar-refractivity contribution in [2.45, 2.75) is 11.3 Å². The predicted octanol–water partition coefficient (Wildman–Crippen LogP) is 3.49. The minimum Gasteiger partial charge on any atom is -0.497 e. The van der Waals surface area contributed by atoms with Gasteiger partial charge < -0.3 is 10.1 Å². The van der Waals surface area contributed by atoms with Gasteiger partial charge in [-0.3, -0.25) is 4.79 Å². The van der Waals surface area contributed by atoms with Crippen molar-refractivity contribution in [1.29, 1.82) is 5.26 Å². The lowest BCUT2D eigenvalue weighted by Crippen LogP contribution is -2.17. The van der Waals surface area contributed by atoms with E-state index in [9.17, 15) is 13.2 Å². The minimum atomic E-state index is -3.58. The highest BCUT2D eigenvalue weighted by atomic mass is 32.2. The molecule has 0 unspecified atom stereocenters. The summed E-state index contributed by atoms with van der Waals surface area (Å²) in [6.07, 6.45) is -0.180. The molecule has 0 aliphatic heterocycles. The quantitative estimate of drug-likeness (QED) is 0.618. The van der Waals surface area contributed by atoms with E-state index in [4.69, 9.17) is 10.00 Å². The Hall–Kier alpha value is -3.22. The summed E-state index contributed by atoms with van der Waals surface area (Å²) >= 11 is 1.25. The molecule has 148 valence electrons. The number of thiazole rings is 1. The summed E-state index contributed by atoms with van der Waals surface area (Å²) in [5.41, 5.74) is 2.04. The van der Waals surface area contributed by atoms with Crippen LogP contribution in [-0.4, -0.2) is 32.2 Å². The number of amides is 1. The van der Waals surface area contributed by atoms with Crippen molar-refractivity contribution >= 4 is 32.2 Å². The summed E-state index contributed by atoms with van der Waals surface area (Å²) in [6.45, 7) is 0. The van der Waals surface area contributed by atoms with Crippen molar-refractivity contribution < 1.29 is 17.9 Å². The Labute approximate surface area is 172 Å². The molecule has 29 heavy (non-hydrogen) atoms. The number of sulfone groups is 1. The van der Waals surface area contributed by atoms with Crippen LogP contribution in [0.4, 0.5) is 5.13 Å². The smallest absolute Gasteiger partial charge is 0.227 e. The van der Waals surface area contributed by atoms with Crippen molar-refractivity contribution in [2.75, 3.05) is 18.2 Å². The third-order valence-corrected chi connectivity index (χ3v) is 6.57. The molecule has 0 aliphatic carbocycles. The van der Waals surface area contributed by atoms with E-state index in [1.807, 2.05) is 0 Å². The van der Waals surface area contributed by atoms with Gasteiger partial charge in [0.25, 0.3) is 0 Å². The molecule has 0 atom stereocenters. The second-order valence-electron chi connectivity index (χ2n) is 6.02. The van der Waals surface area contributed by atoms with Gasteiger partial charge in [-0.25, -0.2) is 13.4 Å². The number of anilines is 1. The third-order valence-electron chi connectivity index (χ3n) is 4.08. The lowest BCUT2D eigenvalue weighted by molar-refractivity contribution is -0.115. The Bertz CT molecular complexity index is 1150. The molecule has 0 saturated heterocycles. The van der Waals surface area contributed by atoms with Crippen LogP contribution in [0.3, 0.4) is 0 Å². The number of methoxy groups -OCH3 is 1. The molecule has 7 nitrogen and oxygen atoms in total. The third kappa shape index (κ3) is 5.19. The lowest BCUT2D eigenvalue weighted by atomic mass is 10.1. The number of hydrogen-bond donors (Lipinski definition) is 1. The molecular formula is C20H17N3O4S2. The second-order valence-corrected chi connectivity index (χ2v) is 8.99. The highest BCUT2D eigenvalue weighted by Gasteiger charge is 2.17. The molecule has 0 aliphatic rings. The van der Waals surface area contributed by atoms with Crippen LogP contribution in [0.1, 0.15) is 12.0 Å². The number of hydrogen-bond acceptors (Lipinski definition) is 7. The predicted molar refractivity (Wildman–Crippen MR) is 111 cm³/mol. The van der Waals surface area contributed by atoms with Crippen LogP contribution in [0, 0.1) is 11.3 Å². The molecule has 9 heteroatoms. The first-order valence-electron chi connectivity index (χ1n) is 8.54. The molecule has 0 bridgehead atoms. The molecule has 0 saturated carbocycles. The maximum absolute atomic E-state index is 12.4. The summed E-state index contributed by atoms with van der Waals surface area (Å²) in [4.78, 5) is 16.6. The van der Waals surface area contributed by atoms with E-state index in [1.54, 1.807) is 41.8 Å². The highest BCUT2D eigenvalue weighted by molar-refractivity contribution is 7.91. The number of rotatable bonds is 7. The van der Waals surface area contributed by atoms with Gasteiger partial charge in [0.1, 0.15) is 5.75 Å². The Balaban J connectivity index is 1.59. The van der Waals surface area contributed by atoms with E-state index in [0.29, 0.717) is 22.1 Å². The van der Waals surface area contributed by atoms with Gasteiger partial charge in [-0.2, -0.15) is 5.26 Å². The van der Waals surface area contributed by atoms with E-state index < -0.39 is 15.7 Å². The maximum Gasteiger partial charge on any atom is 0.227 e. The van der Waals surface area contributed by atoms with Crippen LogP contribution in [0.25, 0.3) is 11.3 Å². The normalized spacial score (nSPS) is 10.9.